The molecule has 8 nitrogen and oxygen atoms in total. The van der Waals surface area contributed by atoms with Crippen molar-refractivity contribution in [3.8, 4) is 202 Å². The molecule has 20 aromatic rings. The number of hydrogen-bond acceptors (Lipinski definition) is 6. The Morgan fingerprint density at radius 1 is 0.222 bits per heavy atom. The quantitative estimate of drug-likeness (QED) is 0.0666. The van der Waals surface area contributed by atoms with Gasteiger partial charge in [0.1, 0.15) is 0 Å². The first-order chi connectivity index (χ1) is 61.1. The van der Waals surface area contributed by atoms with E-state index in [4.69, 9.17) is 19.9 Å². The van der Waals surface area contributed by atoms with Crippen LogP contribution in [0, 0.1) is 36.4 Å². The Morgan fingerprint density at radius 2 is 0.476 bits per heavy atom. The van der Waals surface area contributed by atoms with Gasteiger partial charge in [-0.2, -0.15) is 12.1 Å². The second-order valence-electron chi connectivity index (χ2n) is 31.6. The Morgan fingerprint density at radius 3 is 0.730 bits per heavy atom. The van der Waals surface area contributed by atoms with E-state index < -0.39 is 0 Å². The van der Waals surface area contributed by atoms with E-state index >= 15 is 0 Å². The molecule has 0 fully saturated rings. The molecule has 126 heavy (non-hydrogen) atoms. The molecule has 0 aliphatic heterocycles. The molecule has 20 rings (SSSR count). The molecule has 10 heteroatoms. The fourth-order valence-electron chi connectivity index (χ4n) is 17.2. The molecule has 0 amide bonds. The van der Waals surface area contributed by atoms with E-state index in [0.717, 1.165) is 190 Å². The molecule has 0 N–H and O–H groups in total. The normalized spacial score (nSPS) is 11.2. The summed E-state index contributed by atoms with van der Waals surface area (Å²) in [5, 5.41) is 0. The number of aromatic nitrogens is 8. The summed E-state index contributed by atoms with van der Waals surface area (Å²) in [6, 6.07) is 146. The number of rotatable bonds is 21. The number of benzene rings is 14. The molecule has 0 unspecified atom stereocenters. The second kappa shape index (κ2) is 36.8. The molecule has 6 aromatic heterocycles. The summed E-state index contributed by atoms with van der Waals surface area (Å²) >= 11 is 0. The SMILES string of the molecule is CC(C)c1ccccc1-n1ccnc1-c1[c-]cc(-c2ccccc2-c2cc(-c3ccccc3-c3c[c-]c(-c4nccn4-c4ccccc4C(C)C)cc3)cc(-c3ccccc3-c3c[c-]c(-c4[c-]cc(-c5ccccc5-c5cc(-c6ccccc6-c6c[c-]c(-c7ccccn7)cc6)cc(-c6ccccc6-c6c[c-]c(-c7ccccn7)cc6)c5)cn4)nc3)c2)cc1.[Ir+3].[Ir+3]. The number of para-hydroxylation sites is 2. The van der Waals surface area contributed by atoms with E-state index in [1.54, 1.807) is 0 Å². The van der Waals surface area contributed by atoms with Crippen LogP contribution < -0.4 is 0 Å². The van der Waals surface area contributed by atoms with Crippen molar-refractivity contribution in [2.75, 3.05) is 0 Å². The predicted octanol–water partition coefficient (Wildman–Crippen LogP) is 29.0. The van der Waals surface area contributed by atoms with Crippen LogP contribution in [-0.2, 0) is 40.2 Å². The third-order valence-electron chi connectivity index (χ3n) is 23.3. The van der Waals surface area contributed by atoms with Crippen LogP contribution in [0.15, 0.2) is 401 Å². The minimum Gasteiger partial charge on any atom is -0.357 e. The van der Waals surface area contributed by atoms with Crippen LogP contribution in [0.1, 0.15) is 50.7 Å². The van der Waals surface area contributed by atoms with E-state index in [2.05, 4.69) is 387 Å². The molecule has 0 saturated carbocycles. The van der Waals surface area contributed by atoms with Crippen LogP contribution in [-0.4, -0.2) is 39.0 Å². The third-order valence-corrected chi connectivity index (χ3v) is 23.3. The van der Waals surface area contributed by atoms with Crippen molar-refractivity contribution in [3.63, 3.8) is 0 Å². The van der Waals surface area contributed by atoms with Gasteiger partial charge in [-0.25, -0.2) is 12.1 Å². The van der Waals surface area contributed by atoms with Crippen molar-refractivity contribution in [1.29, 1.82) is 0 Å². The summed E-state index contributed by atoms with van der Waals surface area (Å²) in [7, 11) is 0. The van der Waals surface area contributed by atoms with Gasteiger partial charge in [-0.15, -0.1) is 131 Å². The van der Waals surface area contributed by atoms with E-state index in [1.165, 1.54) is 11.1 Å². The summed E-state index contributed by atoms with van der Waals surface area (Å²) in [5.41, 5.74) is 36.5. The Hall–Kier alpha value is -14.6. The van der Waals surface area contributed by atoms with Crippen LogP contribution in [0.4, 0.5) is 0 Å². The number of imidazole rings is 2. The number of pyridine rings is 4. The number of hydrogen-bond donors (Lipinski definition) is 0. The van der Waals surface area contributed by atoms with Crippen LogP contribution in [0.5, 0.6) is 0 Å². The summed E-state index contributed by atoms with van der Waals surface area (Å²) in [6.07, 6.45) is 15.3. The zero-order chi connectivity index (χ0) is 83.4. The van der Waals surface area contributed by atoms with Crippen LogP contribution in [0.25, 0.3) is 202 Å². The maximum atomic E-state index is 5.15. The van der Waals surface area contributed by atoms with Gasteiger partial charge in [0.05, 0.1) is 11.6 Å². The summed E-state index contributed by atoms with van der Waals surface area (Å²) < 4.78 is 4.36. The van der Waals surface area contributed by atoms with Gasteiger partial charge in [0.2, 0.25) is 0 Å². The Labute approximate surface area is 763 Å². The molecule has 0 radical (unpaired) electrons. The largest absolute Gasteiger partial charge is 3.00 e. The molecule has 0 aliphatic rings. The van der Waals surface area contributed by atoms with E-state index in [9.17, 15) is 0 Å². The molecule has 0 saturated heterocycles. The van der Waals surface area contributed by atoms with Crippen molar-refractivity contribution in [1.82, 2.24) is 39.0 Å². The standard InChI is InChI=1S/C116H80N8.2Ir/c1-77(2)95-25-17-19-41-113(95)123-67-65-119-115(123)85-55-47-81(48-56-85)99-29-7-13-35-105(99)91-70-92(106-36-14-8-30-100(106)82-49-57-86(58-50-82)116-120-66-68-124(116)114-42-20-18-26-96(114)78(3)4)74-94(73-91)108-38-16-10-32-102(108)88-60-62-112(122-76-88)111-61-59-87(75-121-111)101-31-9-15-37-107(101)93-71-89(103-33-11-5-27-97(103)79-43-51-83(52-44-79)109-39-21-23-63-117-109)69-90(72-93)104-34-12-6-28-98(104)80-45-53-84(54-46-80)110-40-22-24-64-118-110;;/h5-51,53,55,57,59-60,63-78H,1-4H3;;/q-6;2*+3. The third kappa shape index (κ3) is 16.7. The second-order valence-corrected chi connectivity index (χ2v) is 31.6. The van der Waals surface area contributed by atoms with Crippen molar-refractivity contribution < 1.29 is 40.2 Å². The van der Waals surface area contributed by atoms with Gasteiger partial charge >= 0.3 is 40.2 Å². The van der Waals surface area contributed by atoms with Crippen LogP contribution in [0.3, 0.4) is 0 Å². The first-order valence-corrected chi connectivity index (χ1v) is 41.9. The molecule has 0 spiro atoms. The molecular weight excluding hydrogens is 1890 g/mol. The monoisotopic (exact) mass is 1970 g/mol. The minimum absolute atomic E-state index is 0. The van der Waals surface area contributed by atoms with Gasteiger partial charge in [0, 0.05) is 48.6 Å². The fourth-order valence-corrected chi connectivity index (χ4v) is 17.2. The Kier molecular flexibility index (Phi) is 24.1. The topological polar surface area (TPSA) is 87.2 Å². The molecular formula is C116H80Ir2N8. The van der Waals surface area contributed by atoms with Gasteiger partial charge < -0.3 is 29.1 Å². The average molecular weight is 1970 g/mol. The maximum absolute atomic E-state index is 5.15. The van der Waals surface area contributed by atoms with Gasteiger partial charge in [0.25, 0.3) is 0 Å². The summed E-state index contributed by atoms with van der Waals surface area (Å²) in [5.74, 6) is 2.34. The molecule has 14 aromatic carbocycles. The molecule has 0 bridgehead atoms. The van der Waals surface area contributed by atoms with E-state index in [-0.39, 0.29) is 40.2 Å². The first kappa shape index (κ1) is 82.4. The van der Waals surface area contributed by atoms with Gasteiger partial charge in [-0.05, 0) is 174 Å². The van der Waals surface area contributed by atoms with Gasteiger partial charge in [-0.3, -0.25) is 9.97 Å². The summed E-state index contributed by atoms with van der Waals surface area (Å²) in [4.78, 5) is 29.3. The maximum Gasteiger partial charge on any atom is 3.00 e. The Balaban J connectivity index is 0.00000538. The first-order valence-electron chi connectivity index (χ1n) is 41.9. The molecule has 0 atom stereocenters. The zero-order valence-corrected chi connectivity index (χ0v) is 74.3. The number of nitrogens with zero attached hydrogens (tertiary/aromatic N) is 8. The van der Waals surface area contributed by atoms with Crippen molar-refractivity contribution >= 4 is 0 Å². The fraction of sp³-hybridized carbons (Fsp3) is 0.0517. The minimum atomic E-state index is 0. The predicted molar refractivity (Wildman–Crippen MR) is 505 cm³/mol. The van der Waals surface area contributed by atoms with Crippen molar-refractivity contribution in [2.24, 2.45) is 0 Å². The van der Waals surface area contributed by atoms with Crippen molar-refractivity contribution in [2.45, 2.75) is 39.5 Å². The smallest absolute Gasteiger partial charge is 0.357 e. The van der Waals surface area contributed by atoms with E-state index in [1.807, 2.05) is 98.1 Å². The Bertz CT molecular complexity index is 6900. The van der Waals surface area contributed by atoms with Gasteiger partial charge in [0.15, 0.2) is 0 Å². The zero-order valence-electron chi connectivity index (χ0n) is 69.5. The van der Waals surface area contributed by atoms with Crippen molar-refractivity contribution in [3.05, 3.63) is 449 Å². The molecule has 602 valence electrons. The van der Waals surface area contributed by atoms with E-state index in [0.29, 0.717) is 23.2 Å². The average Bonchev–Trinajstić information content (AvgIpc) is 1.01. The van der Waals surface area contributed by atoms with Crippen LogP contribution in [0.2, 0.25) is 0 Å². The molecule has 0 aliphatic carbocycles. The summed E-state index contributed by atoms with van der Waals surface area (Å²) in [6.45, 7) is 8.93. The molecule has 6 heterocycles. The van der Waals surface area contributed by atoms with Crippen LogP contribution >= 0.6 is 0 Å². The van der Waals surface area contributed by atoms with Gasteiger partial charge in [-0.1, -0.05) is 301 Å².